The van der Waals surface area contributed by atoms with Gasteiger partial charge < -0.3 is 9.88 Å². The fraction of sp³-hybridized carbons (Fsp3) is 0.350. The fourth-order valence-corrected chi connectivity index (χ4v) is 3.75. The fourth-order valence-electron chi connectivity index (χ4n) is 3.75. The van der Waals surface area contributed by atoms with Crippen molar-refractivity contribution in [1.29, 1.82) is 0 Å². The van der Waals surface area contributed by atoms with Crippen LogP contribution in [0.5, 0.6) is 0 Å². The lowest BCUT2D eigenvalue weighted by Crippen LogP contribution is -2.39. The van der Waals surface area contributed by atoms with Crippen LogP contribution in [0.25, 0.3) is 10.8 Å². The van der Waals surface area contributed by atoms with Crippen molar-refractivity contribution >= 4 is 16.7 Å². The molecular weight excluding hydrogens is 328 g/mol. The van der Waals surface area contributed by atoms with Crippen LogP contribution in [0, 0.1) is 6.92 Å². The second-order valence-electron chi connectivity index (χ2n) is 7.00. The Bertz CT molecular complexity index is 1030. The number of nitrogens with zero attached hydrogens (tertiary/aromatic N) is 3. The molecule has 1 amide bonds. The highest BCUT2D eigenvalue weighted by Crippen LogP contribution is 2.27. The zero-order valence-corrected chi connectivity index (χ0v) is 15.0. The molecule has 2 aromatic heterocycles. The number of piperidine rings is 1. The lowest BCUT2D eigenvalue weighted by molar-refractivity contribution is 0.0705. The van der Waals surface area contributed by atoms with Gasteiger partial charge in [-0.25, -0.2) is 0 Å². The van der Waals surface area contributed by atoms with Crippen LogP contribution in [-0.2, 0) is 7.05 Å². The van der Waals surface area contributed by atoms with Crippen LogP contribution in [0.2, 0.25) is 0 Å². The number of rotatable bonds is 2. The van der Waals surface area contributed by atoms with Crippen molar-refractivity contribution in [3.63, 3.8) is 0 Å². The summed E-state index contributed by atoms with van der Waals surface area (Å²) in [6.07, 6.45) is 3.52. The van der Waals surface area contributed by atoms with Crippen molar-refractivity contribution in [3.8, 4) is 0 Å². The zero-order valence-electron chi connectivity index (χ0n) is 15.0. The predicted octanol–water partition coefficient (Wildman–Crippen LogP) is 2.59. The largest absolute Gasteiger partial charge is 0.338 e. The maximum absolute atomic E-state index is 12.9. The van der Waals surface area contributed by atoms with Crippen LogP contribution in [0.3, 0.4) is 0 Å². The molecule has 0 spiro atoms. The molecular formula is C20H22N4O2. The molecule has 6 nitrogen and oxygen atoms in total. The smallest absolute Gasteiger partial charge is 0.257 e. The second kappa shape index (κ2) is 6.44. The van der Waals surface area contributed by atoms with Crippen LogP contribution >= 0.6 is 0 Å². The van der Waals surface area contributed by atoms with Crippen molar-refractivity contribution in [1.82, 2.24) is 19.7 Å². The van der Waals surface area contributed by atoms with Crippen molar-refractivity contribution < 1.29 is 4.79 Å². The molecule has 1 N–H and O–H groups in total. The number of likely N-dealkylation sites (tertiary alicyclic amines) is 1. The summed E-state index contributed by atoms with van der Waals surface area (Å²) >= 11 is 0. The first-order valence-electron chi connectivity index (χ1n) is 8.94. The Hall–Kier alpha value is -2.89. The van der Waals surface area contributed by atoms with E-state index in [2.05, 4.69) is 10.1 Å². The molecule has 0 aliphatic carbocycles. The van der Waals surface area contributed by atoms with Gasteiger partial charge in [-0.15, -0.1) is 0 Å². The minimum atomic E-state index is -0.0651. The van der Waals surface area contributed by atoms with Gasteiger partial charge in [0.15, 0.2) is 0 Å². The highest BCUT2D eigenvalue weighted by atomic mass is 16.2. The predicted molar refractivity (Wildman–Crippen MR) is 100 cm³/mol. The van der Waals surface area contributed by atoms with E-state index in [1.54, 1.807) is 10.9 Å². The Balaban J connectivity index is 1.62. The van der Waals surface area contributed by atoms with Gasteiger partial charge in [0, 0.05) is 42.8 Å². The Labute approximate surface area is 151 Å². The molecule has 3 aromatic rings. The van der Waals surface area contributed by atoms with Crippen LogP contribution in [0.15, 0.2) is 41.3 Å². The third-order valence-electron chi connectivity index (χ3n) is 5.39. The molecule has 1 aromatic carbocycles. The van der Waals surface area contributed by atoms with Crippen LogP contribution in [0.4, 0.5) is 0 Å². The first kappa shape index (κ1) is 16.6. The zero-order chi connectivity index (χ0) is 18.3. The number of hydrogen-bond acceptors (Lipinski definition) is 3. The number of H-pyrrole nitrogens is 1. The maximum Gasteiger partial charge on any atom is 0.257 e. The molecule has 0 saturated carbocycles. The molecule has 6 heteroatoms. The van der Waals surface area contributed by atoms with Gasteiger partial charge in [-0.05, 0) is 37.3 Å². The molecule has 4 rings (SSSR count). The molecule has 1 atom stereocenters. The third-order valence-corrected chi connectivity index (χ3v) is 5.39. The number of benzene rings is 1. The van der Waals surface area contributed by atoms with E-state index in [1.807, 2.05) is 49.2 Å². The monoisotopic (exact) mass is 350 g/mol. The summed E-state index contributed by atoms with van der Waals surface area (Å²) in [4.78, 5) is 30.2. The number of aryl methyl sites for hydroxylation is 1. The van der Waals surface area contributed by atoms with Crippen LogP contribution < -0.4 is 5.56 Å². The average Bonchev–Trinajstić information content (AvgIpc) is 3.00. The van der Waals surface area contributed by atoms with Crippen LogP contribution in [0.1, 0.15) is 40.5 Å². The molecule has 1 aliphatic rings. The molecule has 1 fully saturated rings. The van der Waals surface area contributed by atoms with E-state index < -0.39 is 0 Å². The molecule has 0 radical (unpaired) electrons. The number of carbonyl (C=O) groups is 1. The number of amides is 1. The summed E-state index contributed by atoms with van der Waals surface area (Å²) in [6, 6.07) is 9.64. The highest BCUT2D eigenvalue weighted by molar-refractivity contribution is 5.95. The van der Waals surface area contributed by atoms with Crippen LogP contribution in [-0.4, -0.2) is 38.7 Å². The molecule has 3 heterocycles. The average molecular weight is 350 g/mol. The van der Waals surface area contributed by atoms with Crippen molar-refractivity contribution in [3.05, 3.63) is 63.8 Å². The lowest BCUT2D eigenvalue weighted by Gasteiger charge is -2.32. The molecule has 1 saturated heterocycles. The normalized spacial score (nSPS) is 17.6. The SMILES string of the molecule is Cc1c(C(=O)N2CCCC(c3cc4ccccc4c(=O)[nH]3)C2)cnn1C. The maximum atomic E-state index is 12.9. The number of hydrogen-bond donors (Lipinski definition) is 1. The highest BCUT2D eigenvalue weighted by Gasteiger charge is 2.28. The molecule has 134 valence electrons. The van der Waals surface area contributed by atoms with E-state index in [0.29, 0.717) is 17.5 Å². The summed E-state index contributed by atoms with van der Waals surface area (Å²) in [7, 11) is 1.84. The number of aromatic nitrogens is 3. The lowest BCUT2D eigenvalue weighted by atomic mass is 9.93. The summed E-state index contributed by atoms with van der Waals surface area (Å²) < 4.78 is 1.72. The standard InChI is InChI=1S/C20H22N4O2/c1-13-17(11-21-23(13)2)20(26)24-9-5-7-15(12-24)18-10-14-6-3-4-8-16(14)19(25)22-18/h3-4,6,8,10-11,15H,5,7,9,12H2,1-2H3,(H,22,25). The number of pyridine rings is 1. The minimum absolute atomic E-state index is 0.0171. The topological polar surface area (TPSA) is 71.0 Å². The summed E-state index contributed by atoms with van der Waals surface area (Å²) in [5.74, 6) is 0.158. The van der Waals surface area contributed by atoms with Gasteiger partial charge in [0.1, 0.15) is 0 Å². The first-order chi connectivity index (χ1) is 12.5. The van der Waals surface area contributed by atoms with Crippen molar-refractivity contribution in [2.24, 2.45) is 7.05 Å². The summed E-state index contributed by atoms with van der Waals surface area (Å²) in [6.45, 7) is 3.26. The Morgan fingerprint density at radius 2 is 2.12 bits per heavy atom. The minimum Gasteiger partial charge on any atom is -0.338 e. The first-order valence-corrected chi connectivity index (χ1v) is 8.94. The Morgan fingerprint density at radius 3 is 2.88 bits per heavy atom. The van der Waals surface area contributed by atoms with E-state index in [1.165, 1.54) is 0 Å². The second-order valence-corrected chi connectivity index (χ2v) is 7.00. The van der Waals surface area contributed by atoms with Gasteiger partial charge >= 0.3 is 0 Å². The van der Waals surface area contributed by atoms with Gasteiger partial charge in [0.25, 0.3) is 11.5 Å². The van der Waals surface area contributed by atoms with Gasteiger partial charge in [-0.1, -0.05) is 18.2 Å². The number of aromatic amines is 1. The quantitative estimate of drug-likeness (QED) is 0.772. The van der Waals surface area contributed by atoms with E-state index in [9.17, 15) is 9.59 Å². The molecule has 26 heavy (non-hydrogen) atoms. The van der Waals surface area contributed by atoms with E-state index in [-0.39, 0.29) is 17.4 Å². The summed E-state index contributed by atoms with van der Waals surface area (Å²) in [5, 5.41) is 5.82. The van der Waals surface area contributed by atoms with Gasteiger partial charge in [-0.3, -0.25) is 14.3 Å². The van der Waals surface area contributed by atoms with Gasteiger partial charge in [0.2, 0.25) is 0 Å². The van der Waals surface area contributed by atoms with E-state index >= 15 is 0 Å². The Morgan fingerprint density at radius 1 is 1.31 bits per heavy atom. The van der Waals surface area contributed by atoms with Gasteiger partial charge in [0.05, 0.1) is 11.8 Å². The molecule has 0 bridgehead atoms. The molecule has 1 aliphatic heterocycles. The van der Waals surface area contributed by atoms with Gasteiger partial charge in [-0.2, -0.15) is 5.10 Å². The van der Waals surface area contributed by atoms with Crippen molar-refractivity contribution in [2.45, 2.75) is 25.7 Å². The Kier molecular flexibility index (Phi) is 4.11. The van der Waals surface area contributed by atoms with E-state index in [4.69, 9.17) is 0 Å². The number of nitrogens with one attached hydrogen (secondary N) is 1. The van der Waals surface area contributed by atoms with Crippen molar-refractivity contribution in [2.75, 3.05) is 13.1 Å². The molecule has 1 unspecified atom stereocenters. The number of fused-ring (bicyclic) bond motifs is 1. The van der Waals surface area contributed by atoms with E-state index in [0.717, 1.165) is 36.2 Å². The number of carbonyl (C=O) groups excluding carboxylic acids is 1. The third kappa shape index (κ3) is 2.81. The summed E-state index contributed by atoms with van der Waals surface area (Å²) in [5.41, 5.74) is 2.37.